The Morgan fingerprint density at radius 3 is 1.95 bits per heavy atom. The summed E-state index contributed by atoms with van der Waals surface area (Å²) >= 11 is 0. The van der Waals surface area contributed by atoms with E-state index in [-0.39, 0.29) is 6.61 Å². The molecule has 1 N–H and O–H groups in total. The summed E-state index contributed by atoms with van der Waals surface area (Å²) < 4.78 is 13.8. The summed E-state index contributed by atoms with van der Waals surface area (Å²) in [6, 6.07) is 8.78. The number of carbonyl (C=O) groups is 3. The van der Waals surface area contributed by atoms with Crippen LogP contribution in [0.2, 0.25) is 0 Å². The molecule has 0 unspecified atom stereocenters. The van der Waals surface area contributed by atoms with E-state index in [1.807, 2.05) is 0 Å². The summed E-state index contributed by atoms with van der Waals surface area (Å²) in [6.07, 6.45) is -1.40. The molecule has 0 saturated carbocycles. The zero-order valence-electron chi connectivity index (χ0n) is 12.4. The smallest absolute Gasteiger partial charge is 0.339 e. The maximum Gasteiger partial charge on any atom is 0.339 e. The third kappa shape index (κ3) is 5.17. The van der Waals surface area contributed by atoms with Crippen molar-refractivity contribution in [1.82, 2.24) is 0 Å². The van der Waals surface area contributed by atoms with Gasteiger partial charge in [-0.15, -0.1) is 0 Å². The number of rotatable bonds is 7. The van der Waals surface area contributed by atoms with Crippen LogP contribution in [0.25, 0.3) is 0 Å². The zero-order chi connectivity index (χ0) is 16.6. The lowest BCUT2D eigenvalue weighted by Crippen LogP contribution is -2.44. The van der Waals surface area contributed by atoms with Crippen LogP contribution in [-0.4, -0.2) is 42.8 Å². The molecule has 0 atom stereocenters. The van der Waals surface area contributed by atoms with Crippen molar-refractivity contribution >= 4 is 17.9 Å². The van der Waals surface area contributed by atoms with Gasteiger partial charge >= 0.3 is 17.9 Å². The Balaban J connectivity index is 2.78. The molecule has 120 valence electrons. The second-order valence-electron chi connectivity index (χ2n) is 4.60. The molecule has 7 heteroatoms. The zero-order valence-corrected chi connectivity index (χ0v) is 12.4. The summed E-state index contributed by atoms with van der Waals surface area (Å²) in [4.78, 5) is 34.7. The normalized spacial score (nSPS) is 10.7. The lowest BCUT2D eigenvalue weighted by Gasteiger charge is -2.23. The second-order valence-corrected chi connectivity index (χ2v) is 4.60. The van der Waals surface area contributed by atoms with Crippen LogP contribution in [0, 0.1) is 0 Å². The topological polar surface area (TPSA) is 99.1 Å². The number of ether oxygens (including phenoxy) is 3. The van der Waals surface area contributed by atoms with Crippen molar-refractivity contribution in [3.8, 4) is 0 Å². The Morgan fingerprint density at radius 2 is 1.50 bits per heavy atom. The fraction of sp³-hybridized carbons (Fsp3) is 0.400. The van der Waals surface area contributed by atoms with E-state index in [0.717, 1.165) is 14.2 Å². The highest BCUT2D eigenvalue weighted by molar-refractivity contribution is 5.90. The van der Waals surface area contributed by atoms with Crippen molar-refractivity contribution in [3.05, 3.63) is 35.9 Å². The minimum atomic E-state index is -2.32. The van der Waals surface area contributed by atoms with Gasteiger partial charge in [0.25, 0.3) is 0 Å². The van der Waals surface area contributed by atoms with Gasteiger partial charge in [0.15, 0.2) is 5.60 Å². The molecule has 0 spiro atoms. The molecule has 0 radical (unpaired) electrons. The fourth-order valence-corrected chi connectivity index (χ4v) is 1.69. The van der Waals surface area contributed by atoms with E-state index < -0.39 is 36.4 Å². The molecule has 0 saturated heterocycles. The molecule has 0 aliphatic rings. The minimum absolute atomic E-state index is 0.0929. The standard InChI is InChI=1S/C15H18O7/c1-20-12(16)8-15(19,9-13(17)21-2)14(18)22-10-11-6-4-3-5-7-11/h3-7,19H,8-10H2,1-2H3. The SMILES string of the molecule is COC(=O)CC(O)(CC(=O)OC)C(=O)OCc1ccccc1. The molecule has 0 aliphatic heterocycles. The summed E-state index contributed by atoms with van der Waals surface area (Å²) in [5, 5.41) is 10.3. The van der Waals surface area contributed by atoms with Crippen LogP contribution in [-0.2, 0) is 35.2 Å². The fourth-order valence-electron chi connectivity index (χ4n) is 1.69. The largest absolute Gasteiger partial charge is 0.469 e. The van der Waals surface area contributed by atoms with E-state index in [4.69, 9.17) is 4.74 Å². The number of methoxy groups -OCH3 is 2. The van der Waals surface area contributed by atoms with Crippen molar-refractivity contribution < 1.29 is 33.7 Å². The Morgan fingerprint density at radius 1 is 1.00 bits per heavy atom. The maximum atomic E-state index is 12.1. The van der Waals surface area contributed by atoms with Crippen molar-refractivity contribution in [2.24, 2.45) is 0 Å². The van der Waals surface area contributed by atoms with Crippen LogP contribution in [0.1, 0.15) is 18.4 Å². The summed E-state index contributed by atoms with van der Waals surface area (Å²) in [5.74, 6) is -2.78. The monoisotopic (exact) mass is 310 g/mol. The molecular weight excluding hydrogens is 292 g/mol. The first-order chi connectivity index (χ1) is 10.4. The van der Waals surface area contributed by atoms with Gasteiger partial charge in [0.1, 0.15) is 6.61 Å². The van der Waals surface area contributed by atoms with Gasteiger partial charge in [-0.3, -0.25) is 9.59 Å². The highest BCUT2D eigenvalue weighted by Gasteiger charge is 2.43. The molecule has 7 nitrogen and oxygen atoms in total. The summed E-state index contributed by atoms with van der Waals surface area (Å²) in [6.45, 7) is -0.0929. The predicted octanol–water partition coefficient (Wildman–Crippen LogP) is 0.587. The van der Waals surface area contributed by atoms with Gasteiger partial charge in [0, 0.05) is 0 Å². The summed E-state index contributed by atoms with van der Waals surface area (Å²) in [7, 11) is 2.21. The minimum Gasteiger partial charge on any atom is -0.469 e. The van der Waals surface area contributed by atoms with Crippen LogP contribution >= 0.6 is 0 Å². The third-order valence-electron chi connectivity index (χ3n) is 2.92. The van der Waals surface area contributed by atoms with E-state index in [0.29, 0.717) is 5.56 Å². The number of aliphatic hydroxyl groups is 1. The number of hydrogen-bond acceptors (Lipinski definition) is 7. The Bertz CT molecular complexity index is 506. The molecular formula is C15H18O7. The summed E-state index contributed by atoms with van der Waals surface area (Å²) in [5.41, 5.74) is -1.62. The average Bonchev–Trinajstić information content (AvgIpc) is 2.53. The van der Waals surface area contributed by atoms with E-state index in [9.17, 15) is 19.5 Å². The predicted molar refractivity (Wildman–Crippen MR) is 74.5 cm³/mol. The van der Waals surface area contributed by atoms with E-state index in [1.54, 1.807) is 30.3 Å². The lowest BCUT2D eigenvalue weighted by atomic mass is 9.95. The highest BCUT2D eigenvalue weighted by atomic mass is 16.6. The first-order valence-electron chi connectivity index (χ1n) is 6.48. The van der Waals surface area contributed by atoms with Crippen LogP contribution in [0.3, 0.4) is 0 Å². The molecule has 0 amide bonds. The quantitative estimate of drug-likeness (QED) is 0.581. The van der Waals surface area contributed by atoms with Gasteiger partial charge in [-0.1, -0.05) is 30.3 Å². The van der Waals surface area contributed by atoms with Crippen molar-refractivity contribution in [2.45, 2.75) is 25.0 Å². The van der Waals surface area contributed by atoms with E-state index in [1.165, 1.54) is 0 Å². The Hall–Kier alpha value is -2.41. The van der Waals surface area contributed by atoms with Gasteiger partial charge < -0.3 is 19.3 Å². The Labute approximate surface area is 127 Å². The highest BCUT2D eigenvalue weighted by Crippen LogP contribution is 2.20. The lowest BCUT2D eigenvalue weighted by molar-refractivity contribution is -0.177. The molecule has 0 heterocycles. The van der Waals surface area contributed by atoms with Gasteiger partial charge in [0.05, 0.1) is 27.1 Å². The number of hydrogen-bond donors (Lipinski definition) is 1. The van der Waals surface area contributed by atoms with Crippen molar-refractivity contribution in [2.75, 3.05) is 14.2 Å². The van der Waals surface area contributed by atoms with Gasteiger partial charge in [-0.25, -0.2) is 4.79 Å². The molecule has 0 bridgehead atoms. The maximum absolute atomic E-state index is 12.1. The molecule has 1 aromatic rings. The van der Waals surface area contributed by atoms with Crippen LogP contribution < -0.4 is 0 Å². The van der Waals surface area contributed by atoms with Crippen molar-refractivity contribution in [1.29, 1.82) is 0 Å². The number of carbonyl (C=O) groups excluding carboxylic acids is 3. The number of esters is 3. The first-order valence-corrected chi connectivity index (χ1v) is 6.48. The van der Waals surface area contributed by atoms with Gasteiger partial charge in [-0.05, 0) is 5.56 Å². The number of benzene rings is 1. The first kappa shape index (κ1) is 17.6. The van der Waals surface area contributed by atoms with Gasteiger partial charge in [0.2, 0.25) is 0 Å². The molecule has 0 aliphatic carbocycles. The molecule has 0 aromatic heterocycles. The van der Waals surface area contributed by atoms with Gasteiger partial charge in [-0.2, -0.15) is 0 Å². The molecule has 1 aromatic carbocycles. The average molecular weight is 310 g/mol. The molecule has 1 rings (SSSR count). The third-order valence-corrected chi connectivity index (χ3v) is 2.92. The van der Waals surface area contributed by atoms with E-state index in [2.05, 4.69) is 9.47 Å². The van der Waals surface area contributed by atoms with E-state index >= 15 is 0 Å². The van der Waals surface area contributed by atoms with Crippen molar-refractivity contribution in [3.63, 3.8) is 0 Å². The molecule has 22 heavy (non-hydrogen) atoms. The van der Waals surface area contributed by atoms with Crippen LogP contribution in [0.5, 0.6) is 0 Å². The molecule has 0 fully saturated rings. The van der Waals surface area contributed by atoms with Crippen LogP contribution in [0.4, 0.5) is 0 Å². The second kappa shape index (κ2) is 8.14. The Kier molecular flexibility index (Phi) is 6.52. The van der Waals surface area contributed by atoms with Crippen LogP contribution in [0.15, 0.2) is 30.3 Å².